The fraction of sp³-hybridized carbons (Fsp3) is 0.562. The summed E-state index contributed by atoms with van der Waals surface area (Å²) in [4.78, 5) is 47.9. The number of carbonyl (C=O) groups is 4. The average molecular weight is 488 g/mol. The number of hydrogen-bond donors (Lipinski definition) is 5. The van der Waals surface area contributed by atoms with Crippen molar-refractivity contribution < 1.29 is 37.5 Å². The fourth-order valence-corrected chi connectivity index (χ4v) is 3.74. The number of thiazole rings is 1. The van der Waals surface area contributed by atoms with Gasteiger partial charge in [0.2, 0.25) is 17.7 Å². The molecule has 0 unspecified atom stereocenters. The van der Waals surface area contributed by atoms with Gasteiger partial charge in [0.25, 0.3) is 0 Å². The van der Waals surface area contributed by atoms with E-state index in [0.717, 1.165) is 4.21 Å². The molecule has 0 aliphatic rings. The molecule has 3 amide bonds. The Hall–Kier alpha value is -2.39. The Morgan fingerprint density at radius 2 is 1.81 bits per heavy atom. The highest BCUT2D eigenvalue weighted by molar-refractivity contribution is 8.01. The summed E-state index contributed by atoms with van der Waals surface area (Å²) in [5.74, 6) is -3.53. The second-order valence-corrected chi connectivity index (χ2v) is 8.64. The molecule has 1 rings (SSSR count). The first-order valence-corrected chi connectivity index (χ1v) is 10.5. The molecule has 0 aliphatic carbocycles. The minimum absolute atomic E-state index is 0.152. The molecule has 1 aromatic heterocycles. The van der Waals surface area contributed by atoms with Gasteiger partial charge >= 0.3 is 12.1 Å². The maximum atomic E-state index is 12.4. The molecular weight excluding hydrogens is 463 g/mol. The topological polar surface area (TPSA) is 177 Å². The molecule has 1 aromatic rings. The normalized spacial score (nSPS) is 11.9. The number of anilines is 1. The molecule has 15 heteroatoms. The van der Waals surface area contributed by atoms with Gasteiger partial charge < -0.3 is 27.2 Å². The van der Waals surface area contributed by atoms with Gasteiger partial charge in [0.1, 0.15) is 6.04 Å². The van der Waals surface area contributed by atoms with Gasteiger partial charge in [0.05, 0.1) is 22.2 Å². The molecule has 7 N–H and O–H groups in total. The number of nitrogens with two attached hydrogens (primary N) is 2. The lowest BCUT2D eigenvalue weighted by atomic mass is 10.0. The second-order valence-electron chi connectivity index (χ2n) is 6.39. The number of carboxylic acids is 1. The number of alkyl halides is 3. The molecular formula is C16H24F3N5O5S2. The lowest BCUT2D eigenvalue weighted by Crippen LogP contribution is -2.46. The predicted molar refractivity (Wildman–Crippen MR) is 110 cm³/mol. The number of carboxylic acid groups (broad SMARTS) is 1. The van der Waals surface area contributed by atoms with Gasteiger partial charge in [-0.3, -0.25) is 14.4 Å². The zero-order valence-corrected chi connectivity index (χ0v) is 18.5. The van der Waals surface area contributed by atoms with Gasteiger partial charge in [-0.1, -0.05) is 25.2 Å². The number of hydrogen-bond acceptors (Lipinski definition) is 8. The van der Waals surface area contributed by atoms with E-state index in [9.17, 15) is 27.6 Å². The summed E-state index contributed by atoms with van der Waals surface area (Å²) in [7, 11) is 0. The molecule has 0 saturated heterocycles. The van der Waals surface area contributed by atoms with Crippen LogP contribution in [0.4, 0.5) is 18.3 Å². The number of thioether (sulfide) groups is 1. The number of aromatic nitrogens is 1. The number of rotatable bonds is 9. The second kappa shape index (κ2) is 13.1. The highest BCUT2D eigenvalue weighted by Crippen LogP contribution is 2.32. The Morgan fingerprint density at radius 1 is 1.26 bits per heavy atom. The Kier molecular flexibility index (Phi) is 12.1. The van der Waals surface area contributed by atoms with Crippen LogP contribution in [0.15, 0.2) is 4.21 Å². The smallest absolute Gasteiger partial charge is 0.475 e. The molecule has 10 nitrogen and oxygen atoms in total. The van der Waals surface area contributed by atoms with Crippen LogP contribution in [0.2, 0.25) is 0 Å². The average Bonchev–Trinajstić information content (AvgIpc) is 2.97. The number of nitrogens with one attached hydrogen (secondary N) is 2. The van der Waals surface area contributed by atoms with E-state index in [2.05, 4.69) is 15.6 Å². The third kappa shape index (κ3) is 12.1. The number of carbonyl (C=O) groups excluding carboxylic acids is 3. The van der Waals surface area contributed by atoms with Crippen LogP contribution in [0, 0.1) is 12.8 Å². The van der Waals surface area contributed by atoms with E-state index in [1.165, 1.54) is 23.1 Å². The van der Waals surface area contributed by atoms with Gasteiger partial charge in [0, 0.05) is 0 Å². The van der Waals surface area contributed by atoms with Crippen LogP contribution in [-0.2, 0) is 19.2 Å². The van der Waals surface area contributed by atoms with Crippen LogP contribution in [0.3, 0.4) is 0 Å². The zero-order valence-electron chi connectivity index (χ0n) is 16.9. The minimum Gasteiger partial charge on any atom is -0.475 e. The summed E-state index contributed by atoms with van der Waals surface area (Å²) in [6.45, 7) is 5.53. The van der Waals surface area contributed by atoms with Crippen LogP contribution >= 0.6 is 23.1 Å². The predicted octanol–water partition coefficient (Wildman–Crippen LogP) is 1.09. The molecule has 0 aromatic carbocycles. The first-order chi connectivity index (χ1) is 14.2. The molecule has 0 saturated carbocycles. The molecule has 0 bridgehead atoms. The summed E-state index contributed by atoms with van der Waals surface area (Å²) in [5, 5.41) is 12.9. The highest BCUT2D eigenvalue weighted by Gasteiger charge is 2.38. The van der Waals surface area contributed by atoms with Gasteiger partial charge in [-0.2, -0.15) is 13.2 Å². The third-order valence-corrected chi connectivity index (χ3v) is 5.57. The molecule has 0 spiro atoms. The van der Waals surface area contributed by atoms with E-state index in [0.29, 0.717) is 17.2 Å². The van der Waals surface area contributed by atoms with Crippen molar-refractivity contribution in [2.75, 3.05) is 17.6 Å². The monoisotopic (exact) mass is 487 g/mol. The van der Waals surface area contributed by atoms with E-state index < -0.39 is 24.1 Å². The standard InChI is InChI=1S/C14H23N5O3S2.C2HF3O2/c1-7(2)4-9(18-11(21)5-15)12(22)19-14-17-8(3)13(24-14)23-6-10(16)20;3-2(4,5)1(6)7/h7,9H,4-6,15H2,1-3H3,(H2,16,20)(H,18,21)(H,17,19,22);(H,6,7)/t9-;/m0./s1. The maximum absolute atomic E-state index is 12.4. The number of amides is 3. The molecule has 0 fully saturated rings. The summed E-state index contributed by atoms with van der Waals surface area (Å²) < 4.78 is 32.6. The van der Waals surface area contributed by atoms with Crippen LogP contribution in [0.5, 0.6) is 0 Å². The zero-order chi connectivity index (χ0) is 24.4. The molecule has 0 radical (unpaired) electrons. The number of aliphatic carboxylic acids is 1. The largest absolute Gasteiger partial charge is 0.490 e. The van der Waals surface area contributed by atoms with Crippen molar-refractivity contribution in [3.63, 3.8) is 0 Å². The molecule has 31 heavy (non-hydrogen) atoms. The number of aryl methyl sites for hydroxylation is 1. The van der Waals surface area contributed by atoms with E-state index >= 15 is 0 Å². The Balaban J connectivity index is 0.00000110. The Bertz CT molecular complexity index is 786. The first kappa shape index (κ1) is 28.6. The third-order valence-electron chi connectivity index (χ3n) is 3.12. The Morgan fingerprint density at radius 3 is 2.23 bits per heavy atom. The lowest BCUT2D eigenvalue weighted by Gasteiger charge is -2.19. The molecule has 1 heterocycles. The van der Waals surface area contributed by atoms with Crippen LogP contribution in [-0.4, -0.2) is 58.3 Å². The van der Waals surface area contributed by atoms with Crippen molar-refractivity contribution >= 4 is 51.9 Å². The minimum atomic E-state index is -5.08. The van der Waals surface area contributed by atoms with E-state index in [1.54, 1.807) is 6.92 Å². The van der Waals surface area contributed by atoms with E-state index in [1.807, 2.05) is 13.8 Å². The quantitative estimate of drug-likeness (QED) is 0.321. The number of primary amides is 1. The van der Waals surface area contributed by atoms with Crippen molar-refractivity contribution in [2.24, 2.45) is 17.4 Å². The maximum Gasteiger partial charge on any atom is 0.490 e. The number of nitrogens with zero attached hydrogens (tertiary/aromatic N) is 1. The summed E-state index contributed by atoms with van der Waals surface area (Å²) in [6, 6.07) is -0.674. The van der Waals surface area contributed by atoms with Gasteiger partial charge in [-0.15, -0.1) is 11.8 Å². The highest BCUT2D eigenvalue weighted by atomic mass is 32.2. The number of halogens is 3. The molecule has 176 valence electrons. The fourth-order valence-electron chi connectivity index (χ4n) is 1.86. The van der Waals surface area contributed by atoms with Crippen molar-refractivity contribution in [1.82, 2.24) is 10.3 Å². The first-order valence-electron chi connectivity index (χ1n) is 8.66. The summed E-state index contributed by atoms with van der Waals surface area (Å²) >= 11 is 2.55. The van der Waals surface area contributed by atoms with Gasteiger partial charge in [-0.05, 0) is 19.3 Å². The van der Waals surface area contributed by atoms with Gasteiger partial charge in [0.15, 0.2) is 5.13 Å². The van der Waals surface area contributed by atoms with Crippen molar-refractivity contribution in [3.05, 3.63) is 5.69 Å². The van der Waals surface area contributed by atoms with Gasteiger partial charge in [-0.25, -0.2) is 9.78 Å². The lowest BCUT2D eigenvalue weighted by molar-refractivity contribution is -0.192. The van der Waals surface area contributed by atoms with Crippen LogP contribution in [0.1, 0.15) is 26.0 Å². The van der Waals surface area contributed by atoms with E-state index in [-0.39, 0.29) is 30.0 Å². The van der Waals surface area contributed by atoms with Crippen molar-refractivity contribution in [2.45, 2.75) is 43.6 Å². The summed E-state index contributed by atoms with van der Waals surface area (Å²) in [5.41, 5.74) is 11.1. The molecule has 0 aliphatic heterocycles. The van der Waals surface area contributed by atoms with Crippen LogP contribution < -0.4 is 22.1 Å². The van der Waals surface area contributed by atoms with Crippen molar-refractivity contribution in [3.8, 4) is 0 Å². The van der Waals surface area contributed by atoms with E-state index in [4.69, 9.17) is 21.4 Å². The van der Waals surface area contributed by atoms with Crippen molar-refractivity contribution in [1.29, 1.82) is 0 Å². The van der Waals surface area contributed by atoms with Crippen LogP contribution in [0.25, 0.3) is 0 Å². The molecule has 1 atom stereocenters. The summed E-state index contributed by atoms with van der Waals surface area (Å²) in [6.07, 6.45) is -4.59. The SMILES string of the molecule is Cc1nc(NC(=O)[C@H](CC(C)C)NC(=O)CN)sc1SCC(N)=O.O=C(O)C(F)(F)F. The Labute approximate surface area is 184 Å².